The summed E-state index contributed by atoms with van der Waals surface area (Å²) in [5, 5.41) is 12.1. The van der Waals surface area contributed by atoms with Crippen LogP contribution in [0.3, 0.4) is 0 Å². The van der Waals surface area contributed by atoms with Crippen molar-refractivity contribution in [1.29, 1.82) is 0 Å². The SMILES string of the molecule is CC(CO)(NC(=O)Cc1ccc(F)c(F)c1)C1CC1. The monoisotopic (exact) mass is 269 g/mol. The molecule has 1 unspecified atom stereocenters. The van der Waals surface area contributed by atoms with Gasteiger partial charge in [-0.05, 0) is 43.4 Å². The van der Waals surface area contributed by atoms with Gasteiger partial charge < -0.3 is 10.4 Å². The van der Waals surface area contributed by atoms with E-state index in [0.29, 0.717) is 11.5 Å². The van der Waals surface area contributed by atoms with Crippen molar-refractivity contribution in [3.8, 4) is 0 Å². The molecule has 1 aliphatic carbocycles. The fourth-order valence-electron chi connectivity index (χ4n) is 2.19. The number of halogens is 2. The third kappa shape index (κ3) is 3.29. The van der Waals surface area contributed by atoms with Gasteiger partial charge in [0.2, 0.25) is 5.91 Å². The molecular weight excluding hydrogens is 252 g/mol. The Labute approximate surface area is 110 Å². The fourth-order valence-corrected chi connectivity index (χ4v) is 2.19. The number of hydrogen-bond donors (Lipinski definition) is 2. The minimum absolute atomic E-state index is 0.0283. The first kappa shape index (κ1) is 13.9. The van der Waals surface area contributed by atoms with Crippen LogP contribution in [-0.2, 0) is 11.2 Å². The summed E-state index contributed by atoms with van der Waals surface area (Å²) in [4.78, 5) is 11.9. The van der Waals surface area contributed by atoms with Gasteiger partial charge in [0, 0.05) is 0 Å². The maximum absolute atomic E-state index is 13.0. The van der Waals surface area contributed by atoms with Crippen LogP contribution < -0.4 is 5.32 Å². The van der Waals surface area contributed by atoms with Crippen molar-refractivity contribution >= 4 is 5.91 Å². The van der Waals surface area contributed by atoms with Crippen molar-refractivity contribution in [2.24, 2.45) is 5.92 Å². The third-order valence-electron chi connectivity index (χ3n) is 3.58. The Morgan fingerprint density at radius 3 is 2.63 bits per heavy atom. The zero-order valence-corrected chi connectivity index (χ0v) is 10.7. The molecule has 19 heavy (non-hydrogen) atoms. The highest BCUT2D eigenvalue weighted by molar-refractivity contribution is 5.79. The van der Waals surface area contributed by atoms with Gasteiger partial charge >= 0.3 is 0 Å². The summed E-state index contributed by atoms with van der Waals surface area (Å²) in [5.41, 5.74) is -0.206. The highest BCUT2D eigenvalue weighted by Crippen LogP contribution is 2.39. The molecule has 0 radical (unpaired) electrons. The number of hydrogen-bond acceptors (Lipinski definition) is 2. The molecule has 3 nitrogen and oxygen atoms in total. The number of aliphatic hydroxyl groups is 1. The van der Waals surface area contributed by atoms with Crippen LogP contribution in [0.4, 0.5) is 8.78 Å². The molecule has 0 bridgehead atoms. The average molecular weight is 269 g/mol. The Bertz CT molecular complexity index is 488. The standard InChI is InChI=1S/C14H17F2NO2/c1-14(8-18,10-3-4-10)17-13(19)7-9-2-5-11(15)12(16)6-9/h2,5-6,10,18H,3-4,7-8H2,1H3,(H,17,19). The van der Waals surface area contributed by atoms with E-state index in [0.717, 1.165) is 25.0 Å². The lowest BCUT2D eigenvalue weighted by Crippen LogP contribution is -2.51. The molecule has 104 valence electrons. The molecule has 5 heteroatoms. The minimum atomic E-state index is -0.961. The summed E-state index contributed by atoms with van der Waals surface area (Å²) < 4.78 is 25.8. The first-order valence-corrected chi connectivity index (χ1v) is 6.30. The van der Waals surface area contributed by atoms with Crippen LogP contribution in [0.25, 0.3) is 0 Å². The Hall–Kier alpha value is -1.49. The van der Waals surface area contributed by atoms with Crippen molar-refractivity contribution in [3.05, 3.63) is 35.4 Å². The second kappa shape index (κ2) is 5.25. The molecule has 1 aromatic carbocycles. The van der Waals surface area contributed by atoms with Gasteiger partial charge in [0.25, 0.3) is 0 Å². The molecule has 0 spiro atoms. The second-order valence-electron chi connectivity index (χ2n) is 5.32. The first-order chi connectivity index (χ1) is 8.94. The minimum Gasteiger partial charge on any atom is -0.394 e. The van der Waals surface area contributed by atoms with Crippen LogP contribution in [0, 0.1) is 17.6 Å². The molecule has 1 atom stereocenters. The van der Waals surface area contributed by atoms with Crippen LogP contribution >= 0.6 is 0 Å². The van der Waals surface area contributed by atoms with Crippen LogP contribution in [-0.4, -0.2) is 23.2 Å². The molecule has 1 fully saturated rings. The van der Waals surface area contributed by atoms with E-state index in [-0.39, 0.29) is 18.9 Å². The molecule has 0 heterocycles. The fraction of sp³-hybridized carbons (Fsp3) is 0.500. The highest BCUT2D eigenvalue weighted by Gasteiger charge is 2.42. The molecular formula is C14H17F2NO2. The Morgan fingerprint density at radius 2 is 2.11 bits per heavy atom. The number of carbonyl (C=O) groups excluding carboxylic acids is 1. The molecule has 1 saturated carbocycles. The summed E-state index contributed by atoms with van der Waals surface area (Å²) in [6, 6.07) is 3.40. The first-order valence-electron chi connectivity index (χ1n) is 6.30. The maximum Gasteiger partial charge on any atom is 0.224 e. The van der Waals surface area contributed by atoms with Gasteiger partial charge in [-0.3, -0.25) is 4.79 Å². The highest BCUT2D eigenvalue weighted by atomic mass is 19.2. The number of rotatable bonds is 5. The third-order valence-corrected chi connectivity index (χ3v) is 3.58. The van der Waals surface area contributed by atoms with Crippen molar-refractivity contribution in [3.63, 3.8) is 0 Å². The van der Waals surface area contributed by atoms with Crippen molar-refractivity contribution < 1.29 is 18.7 Å². The molecule has 1 aromatic rings. The summed E-state index contributed by atoms with van der Waals surface area (Å²) in [5.74, 6) is -1.89. The Kier molecular flexibility index (Phi) is 3.85. The van der Waals surface area contributed by atoms with E-state index in [2.05, 4.69) is 5.32 Å². The van der Waals surface area contributed by atoms with Gasteiger partial charge in [-0.15, -0.1) is 0 Å². The van der Waals surface area contributed by atoms with Crippen molar-refractivity contribution in [2.45, 2.75) is 31.7 Å². The lowest BCUT2D eigenvalue weighted by Gasteiger charge is -2.28. The summed E-state index contributed by atoms with van der Waals surface area (Å²) >= 11 is 0. The predicted octanol–water partition coefficient (Wildman–Crippen LogP) is 1.78. The zero-order valence-electron chi connectivity index (χ0n) is 10.7. The van der Waals surface area contributed by atoms with E-state index in [1.165, 1.54) is 6.07 Å². The smallest absolute Gasteiger partial charge is 0.224 e. The number of amides is 1. The van der Waals surface area contributed by atoms with Gasteiger partial charge in [-0.25, -0.2) is 8.78 Å². The van der Waals surface area contributed by atoms with Crippen molar-refractivity contribution in [2.75, 3.05) is 6.61 Å². The van der Waals surface area contributed by atoms with Crippen molar-refractivity contribution in [1.82, 2.24) is 5.32 Å². The molecule has 1 aliphatic rings. The maximum atomic E-state index is 13.0. The lowest BCUT2D eigenvalue weighted by molar-refractivity contribution is -0.123. The predicted molar refractivity (Wildman–Crippen MR) is 66.4 cm³/mol. The molecule has 2 N–H and O–H groups in total. The largest absolute Gasteiger partial charge is 0.394 e. The number of aliphatic hydroxyl groups excluding tert-OH is 1. The molecule has 0 aliphatic heterocycles. The summed E-state index contributed by atoms with van der Waals surface area (Å²) in [6.07, 6.45) is 1.95. The van der Waals surface area contributed by atoms with Gasteiger partial charge in [0.15, 0.2) is 11.6 Å². The van der Waals surface area contributed by atoms with Crippen LogP contribution in [0.15, 0.2) is 18.2 Å². The molecule has 1 amide bonds. The van der Waals surface area contributed by atoms with Crippen LogP contribution in [0.5, 0.6) is 0 Å². The summed E-state index contributed by atoms with van der Waals surface area (Å²) in [7, 11) is 0. The van der Waals surface area contributed by atoms with E-state index >= 15 is 0 Å². The lowest BCUT2D eigenvalue weighted by atomic mass is 9.96. The quantitative estimate of drug-likeness (QED) is 0.856. The Morgan fingerprint density at radius 1 is 1.42 bits per heavy atom. The van der Waals surface area contributed by atoms with E-state index in [4.69, 9.17) is 0 Å². The van der Waals surface area contributed by atoms with E-state index in [1.54, 1.807) is 6.92 Å². The van der Waals surface area contributed by atoms with E-state index in [9.17, 15) is 18.7 Å². The summed E-state index contributed by atoms with van der Waals surface area (Å²) in [6.45, 7) is 1.68. The second-order valence-corrected chi connectivity index (χ2v) is 5.32. The molecule has 0 saturated heterocycles. The normalized spacial score (nSPS) is 17.9. The van der Waals surface area contributed by atoms with Gasteiger partial charge in [0.1, 0.15) is 0 Å². The van der Waals surface area contributed by atoms with Crippen LogP contribution in [0.2, 0.25) is 0 Å². The Balaban J connectivity index is 1.98. The van der Waals surface area contributed by atoms with E-state index in [1.807, 2.05) is 0 Å². The van der Waals surface area contributed by atoms with Crippen LogP contribution in [0.1, 0.15) is 25.3 Å². The number of benzene rings is 1. The van der Waals surface area contributed by atoms with E-state index < -0.39 is 17.2 Å². The van der Waals surface area contributed by atoms with Gasteiger partial charge in [0.05, 0.1) is 18.6 Å². The zero-order chi connectivity index (χ0) is 14.0. The molecule has 0 aromatic heterocycles. The van der Waals surface area contributed by atoms with Gasteiger partial charge in [-0.1, -0.05) is 6.07 Å². The topological polar surface area (TPSA) is 49.3 Å². The number of carbonyl (C=O) groups is 1. The molecule has 2 rings (SSSR count). The van der Waals surface area contributed by atoms with Gasteiger partial charge in [-0.2, -0.15) is 0 Å². The number of nitrogens with one attached hydrogen (secondary N) is 1. The average Bonchev–Trinajstić information content (AvgIpc) is 3.18.